The summed E-state index contributed by atoms with van der Waals surface area (Å²) in [5.74, 6) is -4.20. The average molecular weight is 508 g/mol. The third kappa shape index (κ3) is 5.20. The number of amides is 1. The summed E-state index contributed by atoms with van der Waals surface area (Å²) in [4.78, 5) is 29.0. The lowest BCUT2D eigenvalue weighted by Crippen LogP contribution is -2.27. The van der Waals surface area contributed by atoms with E-state index in [1.54, 1.807) is 6.92 Å². The van der Waals surface area contributed by atoms with Gasteiger partial charge in [-0.3, -0.25) is 14.5 Å². The van der Waals surface area contributed by atoms with Gasteiger partial charge in [-0.05, 0) is 19.4 Å². The average Bonchev–Trinajstić information content (AvgIpc) is 3.25. The number of carbonyl (C=O) groups excluding carboxylic acids is 1. The number of aliphatic hydroxyl groups excluding tert-OH is 1. The van der Waals surface area contributed by atoms with Gasteiger partial charge in [0, 0.05) is 6.54 Å². The van der Waals surface area contributed by atoms with E-state index in [0.29, 0.717) is 17.2 Å². The SMILES string of the molecule is CCCn1c(CO)nn(-c2nc(OCC(F)(F)F)c(C(=O)Nc3c(C)n[nH]c3Cl)cc2F)c1=O. The number of nitrogens with zero attached hydrogens (tertiary/aromatic N) is 5. The van der Waals surface area contributed by atoms with Crippen LogP contribution in [0.3, 0.4) is 0 Å². The summed E-state index contributed by atoms with van der Waals surface area (Å²) >= 11 is 5.88. The number of halogens is 5. The van der Waals surface area contributed by atoms with Crippen LogP contribution in [0.25, 0.3) is 5.82 Å². The van der Waals surface area contributed by atoms with Crippen molar-refractivity contribution in [1.29, 1.82) is 0 Å². The maximum absolute atomic E-state index is 15.0. The van der Waals surface area contributed by atoms with Crippen LogP contribution < -0.4 is 15.7 Å². The zero-order valence-electron chi connectivity index (χ0n) is 17.7. The maximum Gasteiger partial charge on any atom is 0.422 e. The zero-order valence-corrected chi connectivity index (χ0v) is 18.5. The lowest BCUT2D eigenvalue weighted by Gasteiger charge is -2.14. The molecule has 0 aromatic carbocycles. The number of ether oxygens (including phenoxy) is 1. The molecule has 3 rings (SSSR count). The van der Waals surface area contributed by atoms with Crippen LogP contribution >= 0.6 is 11.6 Å². The highest BCUT2D eigenvalue weighted by molar-refractivity contribution is 6.33. The Morgan fingerprint density at radius 2 is 2.09 bits per heavy atom. The second-order valence-electron chi connectivity index (χ2n) is 6.92. The van der Waals surface area contributed by atoms with Gasteiger partial charge in [0.1, 0.15) is 23.0 Å². The molecule has 3 heterocycles. The Kier molecular flexibility index (Phi) is 7.26. The molecule has 16 heteroatoms. The molecule has 0 saturated heterocycles. The summed E-state index contributed by atoms with van der Waals surface area (Å²) in [6.45, 7) is 0.858. The smallest absolute Gasteiger partial charge is 0.422 e. The van der Waals surface area contributed by atoms with Gasteiger partial charge in [-0.15, -0.1) is 5.10 Å². The minimum Gasteiger partial charge on any atom is -0.467 e. The topological polar surface area (TPSA) is 140 Å². The quantitative estimate of drug-likeness (QED) is 0.397. The Balaban J connectivity index is 2.11. The number of alkyl halides is 3. The van der Waals surface area contributed by atoms with Gasteiger partial charge in [-0.2, -0.15) is 27.9 Å². The fourth-order valence-electron chi connectivity index (χ4n) is 2.90. The fourth-order valence-corrected chi connectivity index (χ4v) is 3.13. The molecule has 0 spiro atoms. The molecular weight excluding hydrogens is 490 g/mol. The minimum atomic E-state index is -4.81. The summed E-state index contributed by atoms with van der Waals surface area (Å²) in [7, 11) is 0. The first kappa shape index (κ1) is 25.2. The van der Waals surface area contributed by atoms with E-state index < -0.39 is 54.1 Å². The molecule has 3 N–H and O–H groups in total. The Morgan fingerprint density at radius 3 is 2.65 bits per heavy atom. The molecule has 3 aromatic rings. The number of aromatic nitrogens is 6. The number of nitrogens with one attached hydrogen (secondary N) is 2. The molecule has 0 fully saturated rings. The van der Waals surface area contributed by atoms with E-state index in [0.717, 1.165) is 4.57 Å². The van der Waals surface area contributed by atoms with E-state index in [4.69, 9.17) is 11.6 Å². The van der Waals surface area contributed by atoms with Crippen molar-refractivity contribution in [2.45, 2.75) is 39.6 Å². The lowest BCUT2D eigenvalue weighted by molar-refractivity contribution is -0.154. The summed E-state index contributed by atoms with van der Waals surface area (Å²) in [5.41, 5.74) is -1.33. The van der Waals surface area contributed by atoms with Crippen molar-refractivity contribution in [3.8, 4) is 11.7 Å². The Labute approximate surface area is 193 Å². The summed E-state index contributed by atoms with van der Waals surface area (Å²) in [5, 5.41) is 21.6. The first-order chi connectivity index (χ1) is 16.0. The number of aryl methyl sites for hydroxylation is 1. The summed E-state index contributed by atoms with van der Waals surface area (Å²) in [6.07, 6.45) is -4.33. The minimum absolute atomic E-state index is 0.0139. The molecule has 1 amide bonds. The lowest BCUT2D eigenvalue weighted by atomic mass is 10.2. The molecule has 0 unspecified atom stereocenters. The molecule has 3 aromatic heterocycles. The number of anilines is 1. The number of carbonyl (C=O) groups is 1. The molecular formula is C18H18ClF4N7O4. The molecule has 184 valence electrons. The highest BCUT2D eigenvalue weighted by Gasteiger charge is 2.31. The van der Waals surface area contributed by atoms with Crippen LogP contribution in [0.2, 0.25) is 5.15 Å². The zero-order chi connectivity index (χ0) is 25.2. The van der Waals surface area contributed by atoms with Gasteiger partial charge in [0.05, 0.1) is 5.69 Å². The summed E-state index contributed by atoms with van der Waals surface area (Å²) in [6, 6.07) is 0.552. The third-order valence-electron chi connectivity index (χ3n) is 4.41. The van der Waals surface area contributed by atoms with Crippen molar-refractivity contribution in [3.05, 3.63) is 44.6 Å². The van der Waals surface area contributed by atoms with Gasteiger partial charge in [0.15, 0.2) is 24.1 Å². The van der Waals surface area contributed by atoms with E-state index in [1.165, 1.54) is 6.92 Å². The van der Waals surface area contributed by atoms with Gasteiger partial charge in [-0.25, -0.2) is 9.18 Å². The molecule has 0 radical (unpaired) electrons. The van der Waals surface area contributed by atoms with E-state index in [-0.39, 0.29) is 28.9 Å². The standard InChI is InChI=1S/C18H18ClF4N7O4/c1-3-4-29-11(6-31)28-30(17(29)33)14-10(20)5-9(16(25-14)34-7-18(21,22)23)15(32)24-12-8(2)26-27-13(12)19/h5,31H,3-4,6-7H2,1-2H3,(H,24,32)(H,26,27). The van der Waals surface area contributed by atoms with Gasteiger partial charge in [-0.1, -0.05) is 18.5 Å². The van der Waals surface area contributed by atoms with Crippen molar-refractivity contribution in [2.75, 3.05) is 11.9 Å². The Hall–Kier alpha value is -3.46. The first-order valence-corrected chi connectivity index (χ1v) is 10.1. The van der Waals surface area contributed by atoms with E-state index in [1.807, 2.05) is 0 Å². The van der Waals surface area contributed by atoms with Crippen LogP contribution in [0.1, 0.15) is 35.2 Å². The van der Waals surface area contributed by atoms with Gasteiger partial charge < -0.3 is 15.2 Å². The maximum atomic E-state index is 15.0. The number of pyridine rings is 1. The van der Waals surface area contributed by atoms with Gasteiger partial charge in [0.2, 0.25) is 5.88 Å². The Bertz CT molecular complexity index is 1250. The van der Waals surface area contributed by atoms with Crippen LogP contribution in [0.5, 0.6) is 5.88 Å². The van der Waals surface area contributed by atoms with Crippen molar-refractivity contribution >= 4 is 23.2 Å². The monoisotopic (exact) mass is 507 g/mol. The molecule has 0 aliphatic rings. The first-order valence-electron chi connectivity index (χ1n) is 9.68. The van der Waals surface area contributed by atoms with E-state index >= 15 is 0 Å². The normalized spacial score (nSPS) is 11.6. The van der Waals surface area contributed by atoms with Crippen molar-refractivity contribution in [3.63, 3.8) is 0 Å². The molecule has 0 aliphatic heterocycles. The van der Waals surface area contributed by atoms with Crippen molar-refractivity contribution < 1.29 is 32.2 Å². The van der Waals surface area contributed by atoms with Crippen LogP contribution in [0.4, 0.5) is 23.2 Å². The number of rotatable bonds is 8. The predicted molar refractivity (Wildman–Crippen MR) is 110 cm³/mol. The number of aliphatic hydroxyl groups is 1. The van der Waals surface area contributed by atoms with Crippen molar-refractivity contribution in [1.82, 2.24) is 29.5 Å². The second-order valence-corrected chi connectivity index (χ2v) is 7.30. The Morgan fingerprint density at radius 1 is 1.38 bits per heavy atom. The number of aromatic amines is 1. The third-order valence-corrected chi connectivity index (χ3v) is 4.68. The van der Waals surface area contributed by atoms with E-state index in [9.17, 15) is 32.3 Å². The second kappa shape index (κ2) is 9.80. The largest absolute Gasteiger partial charge is 0.467 e. The van der Waals surface area contributed by atoms with Gasteiger partial charge >= 0.3 is 11.9 Å². The predicted octanol–water partition coefficient (Wildman–Crippen LogP) is 2.35. The molecule has 11 nitrogen and oxygen atoms in total. The molecule has 0 atom stereocenters. The van der Waals surface area contributed by atoms with Crippen LogP contribution in [-0.2, 0) is 13.2 Å². The van der Waals surface area contributed by atoms with Crippen molar-refractivity contribution in [2.24, 2.45) is 0 Å². The number of hydrogen-bond donors (Lipinski definition) is 3. The highest BCUT2D eigenvalue weighted by atomic mass is 35.5. The van der Waals surface area contributed by atoms with Crippen LogP contribution in [-0.4, -0.2) is 53.3 Å². The molecule has 0 saturated carbocycles. The molecule has 34 heavy (non-hydrogen) atoms. The molecule has 0 bridgehead atoms. The van der Waals surface area contributed by atoms with Gasteiger partial charge in [0.25, 0.3) is 5.91 Å². The fraction of sp³-hybridized carbons (Fsp3) is 0.389. The molecule has 0 aliphatic carbocycles. The summed E-state index contributed by atoms with van der Waals surface area (Å²) < 4.78 is 59.5. The van der Waals surface area contributed by atoms with E-state index in [2.05, 4.69) is 30.3 Å². The highest BCUT2D eigenvalue weighted by Crippen LogP contribution is 2.27. The van der Waals surface area contributed by atoms with Crippen LogP contribution in [0, 0.1) is 12.7 Å². The van der Waals surface area contributed by atoms with Crippen LogP contribution in [0.15, 0.2) is 10.9 Å². The number of H-pyrrole nitrogens is 1. The number of hydrogen-bond acceptors (Lipinski definition) is 7.